The molecule has 96 valence electrons. The summed E-state index contributed by atoms with van der Waals surface area (Å²) in [4.78, 5) is 0.523. The molecule has 0 aliphatic heterocycles. The number of thioether (sulfide) groups is 1. The lowest BCUT2D eigenvalue weighted by molar-refractivity contribution is 0.603. The van der Waals surface area contributed by atoms with Crippen LogP contribution in [0.5, 0.6) is 0 Å². The molecule has 0 spiro atoms. The van der Waals surface area contributed by atoms with E-state index in [0.29, 0.717) is 26.9 Å². The van der Waals surface area contributed by atoms with Crippen LogP contribution in [0.3, 0.4) is 0 Å². The summed E-state index contributed by atoms with van der Waals surface area (Å²) in [6.45, 7) is 0. The van der Waals surface area contributed by atoms with Crippen molar-refractivity contribution in [3.05, 3.63) is 58.4 Å². The molecule has 0 aliphatic rings. The first-order valence-corrected chi connectivity index (χ1v) is 6.83. The fraction of sp³-hybridized carbons (Fsp3) is 0.0714. The van der Waals surface area contributed by atoms with Gasteiger partial charge in [0.05, 0.1) is 11.6 Å². The van der Waals surface area contributed by atoms with Crippen LogP contribution in [0, 0.1) is 17.1 Å². The molecule has 2 rings (SSSR count). The zero-order chi connectivity index (χ0) is 13.8. The second-order valence-electron chi connectivity index (χ2n) is 3.90. The van der Waals surface area contributed by atoms with Crippen LogP contribution in [0.2, 0.25) is 5.02 Å². The van der Waals surface area contributed by atoms with Crippen LogP contribution in [0.4, 0.5) is 10.1 Å². The molecule has 0 atom stereocenters. The van der Waals surface area contributed by atoms with Gasteiger partial charge in [0.15, 0.2) is 0 Å². The fourth-order valence-corrected chi connectivity index (χ4v) is 2.77. The van der Waals surface area contributed by atoms with Gasteiger partial charge in [-0.3, -0.25) is 0 Å². The number of hydrogen-bond acceptors (Lipinski definition) is 3. The number of nitrogen functional groups attached to an aromatic ring is 1. The molecule has 0 saturated carbocycles. The maximum absolute atomic E-state index is 13.6. The summed E-state index contributed by atoms with van der Waals surface area (Å²) < 4.78 is 13.6. The van der Waals surface area contributed by atoms with Crippen LogP contribution < -0.4 is 5.73 Å². The van der Waals surface area contributed by atoms with E-state index in [2.05, 4.69) is 0 Å². The topological polar surface area (TPSA) is 49.8 Å². The number of anilines is 1. The Morgan fingerprint density at radius 2 is 2.05 bits per heavy atom. The standard InChI is InChI=1S/C14H10ClFN2S/c15-12-5-9(7-17)1-2-10(12)8-19-14-4-3-11(18)6-13(14)16/h1-6H,8,18H2. The highest BCUT2D eigenvalue weighted by Crippen LogP contribution is 2.29. The van der Waals surface area contributed by atoms with Crippen LogP contribution in [0.1, 0.15) is 11.1 Å². The second kappa shape index (κ2) is 5.96. The third kappa shape index (κ3) is 3.40. The predicted molar refractivity (Wildman–Crippen MR) is 76.5 cm³/mol. The minimum atomic E-state index is -0.338. The lowest BCUT2D eigenvalue weighted by Crippen LogP contribution is -1.89. The van der Waals surface area contributed by atoms with Gasteiger partial charge < -0.3 is 5.73 Å². The highest BCUT2D eigenvalue weighted by molar-refractivity contribution is 7.98. The zero-order valence-electron chi connectivity index (χ0n) is 9.86. The van der Waals surface area contributed by atoms with E-state index >= 15 is 0 Å². The van der Waals surface area contributed by atoms with Crippen molar-refractivity contribution in [1.82, 2.24) is 0 Å². The quantitative estimate of drug-likeness (QED) is 0.680. The van der Waals surface area contributed by atoms with Gasteiger partial charge in [0.2, 0.25) is 0 Å². The Bertz CT molecular complexity index is 652. The zero-order valence-corrected chi connectivity index (χ0v) is 11.4. The number of benzene rings is 2. The summed E-state index contributed by atoms with van der Waals surface area (Å²) in [6.07, 6.45) is 0. The maximum atomic E-state index is 13.6. The minimum absolute atomic E-state index is 0.338. The molecular weight excluding hydrogens is 283 g/mol. The Morgan fingerprint density at radius 1 is 1.26 bits per heavy atom. The van der Waals surface area contributed by atoms with Crippen molar-refractivity contribution in [1.29, 1.82) is 5.26 Å². The summed E-state index contributed by atoms with van der Waals surface area (Å²) in [5.74, 6) is 0.195. The molecule has 0 aliphatic carbocycles. The summed E-state index contributed by atoms with van der Waals surface area (Å²) >= 11 is 7.40. The molecule has 19 heavy (non-hydrogen) atoms. The van der Waals surface area contributed by atoms with Crippen LogP contribution >= 0.6 is 23.4 Å². The summed E-state index contributed by atoms with van der Waals surface area (Å²) in [6, 6.07) is 11.7. The Labute approximate surface area is 120 Å². The van der Waals surface area contributed by atoms with Crippen molar-refractivity contribution in [2.45, 2.75) is 10.6 Å². The fourth-order valence-electron chi connectivity index (χ4n) is 1.52. The summed E-state index contributed by atoms with van der Waals surface area (Å²) in [7, 11) is 0. The SMILES string of the molecule is N#Cc1ccc(CSc2ccc(N)cc2F)c(Cl)c1. The molecular formula is C14H10ClFN2S. The molecule has 0 saturated heterocycles. The first-order valence-electron chi connectivity index (χ1n) is 5.46. The van der Waals surface area contributed by atoms with E-state index in [1.54, 1.807) is 30.3 Å². The molecule has 0 bridgehead atoms. The molecule has 0 heterocycles. The maximum Gasteiger partial charge on any atom is 0.138 e. The van der Waals surface area contributed by atoms with Crippen molar-refractivity contribution in [3.8, 4) is 6.07 Å². The summed E-state index contributed by atoms with van der Waals surface area (Å²) in [5.41, 5.74) is 7.27. The van der Waals surface area contributed by atoms with E-state index in [4.69, 9.17) is 22.6 Å². The van der Waals surface area contributed by atoms with E-state index in [-0.39, 0.29) is 5.82 Å². The van der Waals surface area contributed by atoms with Gasteiger partial charge in [-0.05, 0) is 35.9 Å². The van der Waals surface area contributed by atoms with Crippen molar-refractivity contribution in [2.75, 3.05) is 5.73 Å². The molecule has 2 nitrogen and oxygen atoms in total. The Balaban J connectivity index is 2.13. The Kier molecular flexibility index (Phi) is 4.31. The highest BCUT2D eigenvalue weighted by Gasteiger charge is 2.06. The van der Waals surface area contributed by atoms with Gasteiger partial charge in [-0.1, -0.05) is 17.7 Å². The number of rotatable bonds is 3. The number of halogens is 2. The van der Waals surface area contributed by atoms with Crippen LogP contribution in [-0.4, -0.2) is 0 Å². The average Bonchev–Trinajstić information content (AvgIpc) is 2.39. The van der Waals surface area contributed by atoms with Crippen molar-refractivity contribution in [2.24, 2.45) is 0 Å². The van der Waals surface area contributed by atoms with Crippen molar-refractivity contribution < 1.29 is 4.39 Å². The van der Waals surface area contributed by atoms with Crippen molar-refractivity contribution in [3.63, 3.8) is 0 Å². The third-order valence-electron chi connectivity index (χ3n) is 2.52. The second-order valence-corrected chi connectivity index (χ2v) is 5.32. The molecule has 0 unspecified atom stereocenters. The molecule has 2 N–H and O–H groups in total. The molecule has 0 aromatic heterocycles. The van der Waals surface area contributed by atoms with E-state index in [0.717, 1.165) is 5.56 Å². The Morgan fingerprint density at radius 3 is 2.68 bits per heavy atom. The van der Waals surface area contributed by atoms with Gasteiger partial charge >= 0.3 is 0 Å². The van der Waals surface area contributed by atoms with E-state index in [1.807, 2.05) is 6.07 Å². The smallest absolute Gasteiger partial charge is 0.138 e. The number of nitrogens with zero attached hydrogens (tertiary/aromatic N) is 1. The number of nitrogens with two attached hydrogens (primary N) is 1. The molecule has 0 fully saturated rings. The van der Waals surface area contributed by atoms with Gasteiger partial charge in [0.25, 0.3) is 0 Å². The van der Waals surface area contributed by atoms with Gasteiger partial charge in [0, 0.05) is 21.4 Å². The minimum Gasteiger partial charge on any atom is -0.399 e. The first kappa shape index (κ1) is 13.7. The lowest BCUT2D eigenvalue weighted by atomic mass is 10.2. The summed E-state index contributed by atoms with van der Waals surface area (Å²) in [5, 5.41) is 9.26. The first-order chi connectivity index (χ1) is 9.10. The normalized spacial score (nSPS) is 10.2. The molecule has 0 amide bonds. The Hall–Kier alpha value is -1.70. The largest absolute Gasteiger partial charge is 0.399 e. The molecule has 2 aromatic carbocycles. The van der Waals surface area contributed by atoms with Crippen LogP contribution in [0.15, 0.2) is 41.3 Å². The van der Waals surface area contributed by atoms with Crippen molar-refractivity contribution >= 4 is 29.1 Å². The van der Waals surface area contributed by atoms with E-state index in [9.17, 15) is 4.39 Å². The van der Waals surface area contributed by atoms with E-state index in [1.165, 1.54) is 17.8 Å². The monoisotopic (exact) mass is 292 g/mol. The molecule has 0 radical (unpaired) electrons. The van der Waals surface area contributed by atoms with E-state index < -0.39 is 0 Å². The highest BCUT2D eigenvalue weighted by atomic mass is 35.5. The van der Waals surface area contributed by atoms with Gasteiger partial charge in [-0.15, -0.1) is 11.8 Å². The third-order valence-corrected chi connectivity index (χ3v) is 3.97. The number of nitriles is 1. The lowest BCUT2D eigenvalue weighted by Gasteiger charge is -2.06. The van der Waals surface area contributed by atoms with Gasteiger partial charge in [-0.2, -0.15) is 5.26 Å². The molecule has 2 aromatic rings. The predicted octanol–water partition coefficient (Wildman–Crippen LogP) is 4.23. The van der Waals surface area contributed by atoms with Crippen LogP contribution in [0.25, 0.3) is 0 Å². The molecule has 5 heteroatoms. The average molecular weight is 293 g/mol. The van der Waals surface area contributed by atoms with Crippen LogP contribution in [-0.2, 0) is 5.75 Å². The van der Waals surface area contributed by atoms with Gasteiger partial charge in [-0.25, -0.2) is 4.39 Å². The number of hydrogen-bond donors (Lipinski definition) is 1. The van der Waals surface area contributed by atoms with Gasteiger partial charge in [0.1, 0.15) is 5.82 Å².